The average Bonchev–Trinajstić information content (AvgIpc) is 3.42. The second-order valence-corrected chi connectivity index (χ2v) is 9.72. The van der Waals surface area contributed by atoms with Gasteiger partial charge in [0.2, 0.25) is 5.91 Å². The molecular weight excluding hydrogens is 452 g/mol. The molecule has 180 valence electrons. The predicted octanol–water partition coefficient (Wildman–Crippen LogP) is 4.11. The number of aliphatic carboxylic acids is 1. The third kappa shape index (κ3) is 5.22. The first-order valence-corrected chi connectivity index (χ1v) is 13.0. The fourth-order valence-electron chi connectivity index (χ4n) is 5.02. The topological polar surface area (TPSA) is 95.9 Å². The van der Waals surface area contributed by atoms with E-state index < -0.39 is 18.1 Å². The fraction of sp³-hybridized carbons (Fsp3) is 0.423. The number of nitrogens with zero attached hydrogens (tertiary/aromatic N) is 1. The van der Waals surface area contributed by atoms with Crippen LogP contribution in [-0.2, 0) is 14.3 Å². The van der Waals surface area contributed by atoms with Crippen LogP contribution < -0.4 is 5.32 Å². The van der Waals surface area contributed by atoms with Crippen LogP contribution in [0.25, 0.3) is 11.1 Å². The lowest BCUT2D eigenvalue weighted by atomic mass is 9.98. The molecular formula is C26H30N2O5S. The molecule has 2 aromatic carbocycles. The van der Waals surface area contributed by atoms with E-state index in [0.29, 0.717) is 25.1 Å². The van der Waals surface area contributed by atoms with Crippen molar-refractivity contribution in [3.8, 4) is 11.1 Å². The number of amides is 2. The second-order valence-electron chi connectivity index (χ2n) is 8.73. The second kappa shape index (κ2) is 11.0. The third-order valence-electron chi connectivity index (χ3n) is 6.61. The summed E-state index contributed by atoms with van der Waals surface area (Å²) in [5.41, 5.74) is 4.55. The highest BCUT2D eigenvalue weighted by Gasteiger charge is 2.35. The van der Waals surface area contributed by atoms with Gasteiger partial charge in [-0.05, 0) is 53.5 Å². The number of hydrogen-bond donors (Lipinski definition) is 2. The van der Waals surface area contributed by atoms with E-state index in [2.05, 4.69) is 29.6 Å². The first kappa shape index (κ1) is 24.1. The number of fused-ring (bicyclic) bond motifs is 3. The van der Waals surface area contributed by atoms with Crippen molar-refractivity contribution in [2.45, 2.75) is 43.7 Å². The Balaban J connectivity index is 1.42. The number of carbonyl (C=O) groups excluding carboxylic acids is 2. The van der Waals surface area contributed by atoms with E-state index in [1.807, 2.05) is 30.5 Å². The smallest absolute Gasteiger partial charge is 0.407 e. The number of alkyl carbamates (subject to hydrolysis) is 1. The van der Waals surface area contributed by atoms with E-state index in [4.69, 9.17) is 4.74 Å². The van der Waals surface area contributed by atoms with Crippen LogP contribution in [-0.4, -0.2) is 65.2 Å². The minimum Gasteiger partial charge on any atom is -0.481 e. The van der Waals surface area contributed by atoms with Gasteiger partial charge in [-0.1, -0.05) is 48.5 Å². The highest BCUT2D eigenvalue weighted by atomic mass is 32.2. The maximum atomic E-state index is 13.2. The molecule has 2 unspecified atom stereocenters. The standard InChI is InChI=1S/C26H30N2O5S/c1-34-14-12-23(25(31)28-13-6-7-17(28)15-24(29)30)27-26(32)33-16-22-20-10-4-2-8-18(20)19-9-3-5-11-21(19)22/h2-5,8-11,17,22-23H,6-7,12-16H2,1H3,(H,27,32)(H,29,30). The summed E-state index contributed by atoms with van der Waals surface area (Å²) in [5.74, 6) is -0.518. The number of nitrogens with one attached hydrogen (secondary N) is 1. The predicted molar refractivity (Wildman–Crippen MR) is 132 cm³/mol. The SMILES string of the molecule is CSCCC(NC(=O)OCC1c2ccccc2-c2ccccc21)C(=O)N1CCCC1CC(=O)O. The number of rotatable bonds is 9. The Bertz CT molecular complexity index is 1010. The molecule has 0 aromatic heterocycles. The van der Waals surface area contributed by atoms with Gasteiger partial charge in [0.1, 0.15) is 12.6 Å². The van der Waals surface area contributed by atoms with E-state index in [0.717, 1.165) is 28.7 Å². The van der Waals surface area contributed by atoms with Gasteiger partial charge in [0.15, 0.2) is 0 Å². The molecule has 8 heteroatoms. The van der Waals surface area contributed by atoms with Crippen molar-refractivity contribution in [1.29, 1.82) is 0 Å². The number of thioether (sulfide) groups is 1. The van der Waals surface area contributed by atoms with Crippen molar-refractivity contribution in [3.63, 3.8) is 0 Å². The van der Waals surface area contributed by atoms with Gasteiger partial charge in [-0.3, -0.25) is 9.59 Å². The van der Waals surface area contributed by atoms with Crippen LogP contribution in [0.5, 0.6) is 0 Å². The fourth-order valence-corrected chi connectivity index (χ4v) is 5.49. The molecule has 2 aromatic rings. The number of ether oxygens (including phenoxy) is 1. The van der Waals surface area contributed by atoms with Gasteiger partial charge in [0.25, 0.3) is 0 Å². The Labute approximate surface area is 203 Å². The van der Waals surface area contributed by atoms with Gasteiger partial charge < -0.3 is 20.1 Å². The molecule has 0 saturated carbocycles. The van der Waals surface area contributed by atoms with E-state index >= 15 is 0 Å². The van der Waals surface area contributed by atoms with E-state index in [1.54, 1.807) is 16.7 Å². The van der Waals surface area contributed by atoms with Crippen molar-refractivity contribution in [3.05, 3.63) is 59.7 Å². The summed E-state index contributed by atoms with van der Waals surface area (Å²) in [7, 11) is 0. The monoisotopic (exact) mass is 482 g/mol. The molecule has 2 N–H and O–H groups in total. The van der Waals surface area contributed by atoms with Gasteiger partial charge in [-0.25, -0.2) is 4.79 Å². The summed E-state index contributed by atoms with van der Waals surface area (Å²) in [6, 6.07) is 15.2. The van der Waals surface area contributed by atoms with Crippen molar-refractivity contribution in [1.82, 2.24) is 10.2 Å². The van der Waals surface area contributed by atoms with Gasteiger partial charge in [-0.15, -0.1) is 0 Å². The maximum Gasteiger partial charge on any atom is 0.407 e. The van der Waals surface area contributed by atoms with Gasteiger partial charge in [-0.2, -0.15) is 11.8 Å². The van der Waals surface area contributed by atoms with Crippen LogP contribution >= 0.6 is 11.8 Å². The lowest BCUT2D eigenvalue weighted by molar-refractivity contribution is -0.140. The first-order valence-electron chi connectivity index (χ1n) is 11.6. The largest absolute Gasteiger partial charge is 0.481 e. The molecule has 2 atom stereocenters. The lowest BCUT2D eigenvalue weighted by Gasteiger charge is -2.28. The summed E-state index contributed by atoms with van der Waals surface area (Å²) in [4.78, 5) is 38.8. The molecule has 7 nitrogen and oxygen atoms in total. The minimum absolute atomic E-state index is 0.0583. The van der Waals surface area contributed by atoms with E-state index in [9.17, 15) is 19.5 Å². The van der Waals surface area contributed by atoms with Crippen LogP contribution in [0.4, 0.5) is 4.79 Å². The molecule has 1 aliphatic heterocycles. The highest BCUT2D eigenvalue weighted by molar-refractivity contribution is 7.98. The number of carbonyl (C=O) groups is 3. The van der Waals surface area contributed by atoms with Crippen molar-refractivity contribution in [2.75, 3.05) is 25.2 Å². The number of carboxylic acid groups (broad SMARTS) is 1. The number of benzene rings is 2. The third-order valence-corrected chi connectivity index (χ3v) is 7.26. The van der Waals surface area contributed by atoms with Gasteiger partial charge in [0, 0.05) is 18.5 Å². The number of hydrogen-bond acceptors (Lipinski definition) is 5. The Morgan fingerprint density at radius 2 is 1.76 bits per heavy atom. The summed E-state index contributed by atoms with van der Waals surface area (Å²) in [6.07, 6.45) is 3.13. The summed E-state index contributed by atoms with van der Waals surface area (Å²) in [6.45, 7) is 0.688. The highest BCUT2D eigenvalue weighted by Crippen LogP contribution is 2.44. The molecule has 1 heterocycles. The van der Waals surface area contributed by atoms with Crippen LogP contribution in [0.3, 0.4) is 0 Å². The summed E-state index contributed by atoms with van der Waals surface area (Å²) < 4.78 is 5.63. The minimum atomic E-state index is -0.921. The average molecular weight is 483 g/mol. The molecule has 1 aliphatic carbocycles. The zero-order chi connectivity index (χ0) is 24.1. The maximum absolute atomic E-state index is 13.2. The Kier molecular flexibility index (Phi) is 7.77. The Morgan fingerprint density at radius 3 is 2.38 bits per heavy atom. The van der Waals surface area contributed by atoms with E-state index in [-0.39, 0.29) is 30.9 Å². The van der Waals surface area contributed by atoms with Crippen molar-refractivity contribution < 1.29 is 24.2 Å². The quantitative estimate of drug-likeness (QED) is 0.558. The zero-order valence-corrected chi connectivity index (χ0v) is 20.1. The van der Waals surface area contributed by atoms with E-state index in [1.165, 1.54) is 0 Å². The number of carboxylic acids is 1. The molecule has 4 rings (SSSR count). The Hall–Kier alpha value is -3.00. The molecule has 0 spiro atoms. The van der Waals surface area contributed by atoms with Gasteiger partial charge in [0.05, 0.1) is 6.42 Å². The van der Waals surface area contributed by atoms with Crippen molar-refractivity contribution in [2.24, 2.45) is 0 Å². The number of likely N-dealkylation sites (tertiary alicyclic amines) is 1. The summed E-state index contributed by atoms with van der Waals surface area (Å²) >= 11 is 1.59. The van der Waals surface area contributed by atoms with Gasteiger partial charge >= 0.3 is 12.1 Å². The van der Waals surface area contributed by atoms with Crippen molar-refractivity contribution >= 4 is 29.7 Å². The normalized spacial score (nSPS) is 17.7. The zero-order valence-electron chi connectivity index (χ0n) is 19.2. The van der Waals surface area contributed by atoms with Crippen LogP contribution in [0.15, 0.2) is 48.5 Å². The molecule has 0 radical (unpaired) electrons. The molecule has 2 amide bonds. The lowest BCUT2D eigenvalue weighted by Crippen LogP contribution is -2.50. The molecule has 1 fully saturated rings. The molecule has 0 bridgehead atoms. The first-order chi connectivity index (χ1) is 16.5. The summed E-state index contributed by atoms with van der Waals surface area (Å²) in [5, 5.41) is 11.9. The van der Waals surface area contributed by atoms with Crippen LogP contribution in [0.1, 0.15) is 42.7 Å². The van der Waals surface area contributed by atoms with Crippen LogP contribution in [0.2, 0.25) is 0 Å². The Morgan fingerprint density at radius 1 is 1.12 bits per heavy atom. The van der Waals surface area contributed by atoms with Crippen LogP contribution in [0, 0.1) is 0 Å². The molecule has 2 aliphatic rings. The molecule has 34 heavy (non-hydrogen) atoms. The molecule has 1 saturated heterocycles.